The molecule has 32 heavy (non-hydrogen) atoms. The smallest absolute Gasteiger partial charge is 0.253 e. The Balaban J connectivity index is 0.000000229. The first kappa shape index (κ1) is 24.8. The van der Waals surface area contributed by atoms with Crippen molar-refractivity contribution < 1.29 is 9.59 Å². The number of amides is 1. The number of aldehydes is 1. The maximum atomic E-state index is 11.9. The number of halogens is 1. The van der Waals surface area contributed by atoms with Crippen molar-refractivity contribution in [1.82, 2.24) is 4.90 Å². The van der Waals surface area contributed by atoms with Crippen LogP contribution in [0.5, 0.6) is 0 Å². The number of carbonyl (C=O) groups excluding carboxylic acids is 2. The van der Waals surface area contributed by atoms with Crippen LogP contribution < -0.4 is 16.4 Å². The van der Waals surface area contributed by atoms with Crippen molar-refractivity contribution in [2.75, 3.05) is 36.5 Å². The van der Waals surface area contributed by atoms with E-state index < -0.39 is 0 Å². The Morgan fingerprint density at radius 3 is 2.09 bits per heavy atom. The van der Waals surface area contributed by atoms with Crippen LogP contribution in [0.1, 0.15) is 34.6 Å². The van der Waals surface area contributed by atoms with Gasteiger partial charge in [0.15, 0.2) is 0 Å². The topological polar surface area (TPSA) is 87.5 Å². The number of nitrogens with zero attached hydrogens (tertiary/aromatic N) is 1. The van der Waals surface area contributed by atoms with Gasteiger partial charge in [0.05, 0.1) is 11.4 Å². The van der Waals surface area contributed by atoms with E-state index in [2.05, 4.69) is 10.6 Å². The molecule has 0 unspecified atom stereocenters. The van der Waals surface area contributed by atoms with Crippen molar-refractivity contribution in [3.8, 4) is 0 Å². The lowest BCUT2D eigenvalue weighted by atomic mass is 10.2. The first-order chi connectivity index (χ1) is 15.4. The molecule has 0 heterocycles. The van der Waals surface area contributed by atoms with Gasteiger partial charge in [-0.1, -0.05) is 11.6 Å². The summed E-state index contributed by atoms with van der Waals surface area (Å²) in [6.07, 6.45) is 0.784. The van der Waals surface area contributed by atoms with Gasteiger partial charge in [-0.05, 0) is 80.6 Å². The van der Waals surface area contributed by atoms with Gasteiger partial charge in [-0.15, -0.1) is 0 Å². The van der Waals surface area contributed by atoms with Gasteiger partial charge < -0.3 is 21.3 Å². The Morgan fingerprint density at radius 1 is 0.969 bits per heavy atom. The number of hydrogen-bond acceptors (Lipinski definition) is 5. The lowest BCUT2D eigenvalue weighted by molar-refractivity contribution is 0.0773. The maximum Gasteiger partial charge on any atom is 0.253 e. The normalized spacial score (nSPS) is 9.88. The first-order valence-electron chi connectivity index (χ1n) is 10.4. The summed E-state index contributed by atoms with van der Waals surface area (Å²) in [6, 6.07) is 19.9. The molecule has 0 atom stereocenters. The molecular formula is C25H29ClN4O2. The first-order valence-corrected chi connectivity index (χ1v) is 10.7. The Kier molecular flexibility index (Phi) is 9.57. The fourth-order valence-electron chi connectivity index (χ4n) is 2.92. The van der Waals surface area contributed by atoms with E-state index >= 15 is 0 Å². The minimum atomic E-state index is 0.0997. The molecule has 0 radical (unpaired) electrons. The summed E-state index contributed by atoms with van der Waals surface area (Å²) in [6.45, 7) is 5.49. The van der Waals surface area contributed by atoms with Crippen LogP contribution in [0.4, 0.5) is 22.7 Å². The average Bonchev–Trinajstić information content (AvgIpc) is 2.83. The molecule has 3 rings (SSSR count). The van der Waals surface area contributed by atoms with Gasteiger partial charge in [0, 0.05) is 47.7 Å². The van der Waals surface area contributed by atoms with Gasteiger partial charge in [0.25, 0.3) is 5.91 Å². The predicted molar refractivity (Wildman–Crippen MR) is 134 cm³/mol. The molecule has 0 aromatic heterocycles. The highest BCUT2D eigenvalue weighted by Gasteiger charge is 2.11. The highest BCUT2D eigenvalue weighted by Crippen LogP contribution is 2.24. The Bertz CT molecular complexity index is 1020. The minimum absolute atomic E-state index is 0.0997. The molecule has 1 amide bonds. The zero-order valence-electron chi connectivity index (χ0n) is 18.6. The monoisotopic (exact) mass is 452 g/mol. The molecule has 168 valence electrons. The van der Waals surface area contributed by atoms with Gasteiger partial charge in [0.2, 0.25) is 0 Å². The highest BCUT2D eigenvalue weighted by atomic mass is 35.5. The van der Waals surface area contributed by atoms with Crippen molar-refractivity contribution in [2.45, 2.75) is 13.8 Å². The molecular weight excluding hydrogens is 424 g/mol. The quantitative estimate of drug-likeness (QED) is 0.316. The van der Waals surface area contributed by atoms with Crippen LogP contribution >= 0.6 is 11.6 Å². The SMILES string of the molecule is CCN(CC)C(=O)c1ccc(NC)cc1.Nc1ccc(C=O)cc1Nc1ccc(Cl)cc1. The summed E-state index contributed by atoms with van der Waals surface area (Å²) in [5.74, 6) is 0.0997. The van der Waals surface area contributed by atoms with Crippen molar-refractivity contribution in [3.63, 3.8) is 0 Å². The van der Waals surface area contributed by atoms with Crippen LogP contribution in [0.25, 0.3) is 0 Å². The molecule has 0 aliphatic heterocycles. The summed E-state index contributed by atoms with van der Waals surface area (Å²) in [5.41, 5.74) is 10.3. The van der Waals surface area contributed by atoms with Crippen LogP contribution in [0.3, 0.4) is 0 Å². The number of nitrogens with one attached hydrogen (secondary N) is 2. The Morgan fingerprint density at radius 2 is 1.56 bits per heavy atom. The van der Waals surface area contributed by atoms with E-state index in [1.165, 1.54) is 0 Å². The van der Waals surface area contributed by atoms with E-state index in [0.717, 1.165) is 36.3 Å². The van der Waals surface area contributed by atoms with Crippen molar-refractivity contribution in [1.29, 1.82) is 0 Å². The largest absolute Gasteiger partial charge is 0.397 e. The van der Waals surface area contributed by atoms with E-state index in [-0.39, 0.29) is 5.91 Å². The summed E-state index contributed by atoms with van der Waals surface area (Å²) < 4.78 is 0. The molecule has 3 aromatic rings. The van der Waals surface area contributed by atoms with Crippen LogP contribution in [-0.4, -0.2) is 37.2 Å². The van der Waals surface area contributed by atoms with E-state index in [1.807, 2.05) is 62.2 Å². The highest BCUT2D eigenvalue weighted by molar-refractivity contribution is 6.30. The van der Waals surface area contributed by atoms with E-state index in [0.29, 0.717) is 22.0 Å². The molecule has 0 spiro atoms. The zero-order chi connectivity index (χ0) is 23.5. The molecule has 4 N–H and O–H groups in total. The molecule has 0 aliphatic carbocycles. The number of benzene rings is 3. The van der Waals surface area contributed by atoms with Gasteiger partial charge >= 0.3 is 0 Å². The average molecular weight is 453 g/mol. The fraction of sp³-hybridized carbons (Fsp3) is 0.200. The molecule has 3 aromatic carbocycles. The van der Waals surface area contributed by atoms with Crippen LogP contribution in [0.15, 0.2) is 66.7 Å². The van der Waals surface area contributed by atoms with Crippen LogP contribution in [-0.2, 0) is 0 Å². The third-order valence-electron chi connectivity index (χ3n) is 4.81. The molecule has 0 aliphatic rings. The molecule has 0 fully saturated rings. The number of rotatable bonds is 7. The number of hydrogen-bond donors (Lipinski definition) is 3. The van der Waals surface area contributed by atoms with Crippen molar-refractivity contribution in [3.05, 3.63) is 82.9 Å². The molecule has 0 saturated carbocycles. The van der Waals surface area contributed by atoms with Gasteiger partial charge in [-0.25, -0.2) is 0 Å². The summed E-state index contributed by atoms with van der Waals surface area (Å²) in [7, 11) is 1.86. The second kappa shape index (κ2) is 12.4. The second-order valence-corrected chi connectivity index (χ2v) is 7.34. The van der Waals surface area contributed by atoms with E-state index in [9.17, 15) is 9.59 Å². The predicted octanol–water partition coefficient (Wildman–Crippen LogP) is 5.69. The summed E-state index contributed by atoms with van der Waals surface area (Å²) in [4.78, 5) is 24.4. The van der Waals surface area contributed by atoms with Crippen LogP contribution in [0.2, 0.25) is 5.02 Å². The molecule has 0 bridgehead atoms. The molecule has 0 saturated heterocycles. The fourth-order valence-corrected chi connectivity index (χ4v) is 3.04. The van der Waals surface area contributed by atoms with Crippen molar-refractivity contribution >= 4 is 46.5 Å². The third-order valence-corrected chi connectivity index (χ3v) is 5.06. The van der Waals surface area contributed by atoms with Gasteiger partial charge in [-0.3, -0.25) is 9.59 Å². The van der Waals surface area contributed by atoms with Crippen LogP contribution in [0, 0.1) is 0 Å². The third kappa shape index (κ3) is 7.03. The number of anilines is 4. The Labute approximate surface area is 194 Å². The van der Waals surface area contributed by atoms with Gasteiger partial charge in [-0.2, -0.15) is 0 Å². The van der Waals surface area contributed by atoms with E-state index in [1.54, 1.807) is 30.3 Å². The number of nitrogen functional groups attached to an aromatic ring is 1. The lowest BCUT2D eigenvalue weighted by Gasteiger charge is -2.18. The number of carbonyl (C=O) groups is 2. The number of nitrogens with two attached hydrogens (primary N) is 1. The lowest BCUT2D eigenvalue weighted by Crippen LogP contribution is -2.30. The summed E-state index contributed by atoms with van der Waals surface area (Å²) >= 11 is 5.79. The van der Waals surface area contributed by atoms with Gasteiger partial charge in [0.1, 0.15) is 6.29 Å². The minimum Gasteiger partial charge on any atom is -0.397 e. The van der Waals surface area contributed by atoms with Crippen molar-refractivity contribution in [2.24, 2.45) is 0 Å². The summed E-state index contributed by atoms with van der Waals surface area (Å²) in [5, 5.41) is 6.83. The van der Waals surface area contributed by atoms with E-state index in [4.69, 9.17) is 17.3 Å². The second-order valence-electron chi connectivity index (χ2n) is 6.90. The standard InChI is InChI=1S/C13H11ClN2O.C12H18N2O/c14-10-2-4-11(5-3-10)16-13-7-9(8-17)1-6-12(13)15;1-4-14(5-2)12(15)10-6-8-11(13-3)9-7-10/h1-8,16H,15H2;6-9,13H,4-5H2,1-3H3. The molecule has 7 heteroatoms. The zero-order valence-corrected chi connectivity index (χ0v) is 19.3. The molecule has 6 nitrogen and oxygen atoms in total. The maximum absolute atomic E-state index is 11.9. The Hall–Kier alpha value is -3.51.